The summed E-state index contributed by atoms with van der Waals surface area (Å²) >= 11 is 0. The molecule has 0 unspecified atom stereocenters. The maximum Gasteiger partial charge on any atom is 0.306 e. The summed E-state index contributed by atoms with van der Waals surface area (Å²) in [6.07, 6.45) is 85.0. The number of carbonyl (C=O) groups excluding carboxylic acids is 3. The van der Waals surface area contributed by atoms with Crippen LogP contribution in [0.15, 0.2) is 170 Å². The van der Waals surface area contributed by atoms with E-state index in [0.717, 1.165) is 96.3 Å². The molecule has 6 heteroatoms. The fourth-order valence-corrected chi connectivity index (χ4v) is 6.57. The van der Waals surface area contributed by atoms with Crippen LogP contribution in [-0.2, 0) is 28.6 Å². The molecule has 0 aromatic rings. The second-order valence-corrected chi connectivity index (χ2v) is 17.4. The van der Waals surface area contributed by atoms with Crippen LogP contribution in [0, 0.1) is 0 Å². The minimum absolute atomic E-state index is 0.165. The van der Waals surface area contributed by atoms with Crippen LogP contribution in [0.5, 0.6) is 0 Å². The smallest absolute Gasteiger partial charge is 0.306 e. The zero-order valence-electron chi connectivity index (χ0n) is 44.9. The highest BCUT2D eigenvalue weighted by Gasteiger charge is 2.19. The van der Waals surface area contributed by atoms with Crippen LogP contribution in [0.4, 0.5) is 0 Å². The average molecular weight is 975 g/mol. The third kappa shape index (κ3) is 55.6. The van der Waals surface area contributed by atoms with Crippen molar-refractivity contribution < 1.29 is 28.6 Å². The number of ether oxygens (including phenoxy) is 3. The predicted octanol–water partition coefficient (Wildman–Crippen LogP) is 18.8. The number of rotatable bonds is 47. The SMILES string of the molecule is CC/C=C\C/C=C\C/C=C\C/C=C\C/C=C\C/C=C\CCC(=O)OC[C@H](COC(=O)CC/C=C\C/C=C\C/C=C\C/C=C\C/C=C\CCCCC)OC(=O)CCCC/C=C\C/C=C\C/C=C\CCCCC. The Morgan fingerprint density at radius 3 is 0.859 bits per heavy atom. The Kier molecular flexibility index (Phi) is 53.1. The summed E-state index contributed by atoms with van der Waals surface area (Å²) in [4.78, 5) is 38.0. The molecule has 0 aliphatic carbocycles. The zero-order valence-corrected chi connectivity index (χ0v) is 44.9. The van der Waals surface area contributed by atoms with Gasteiger partial charge in [-0.2, -0.15) is 0 Å². The first-order valence-corrected chi connectivity index (χ1v) is 27.6. The maximum absolute atomic E-state index is 12.8. The minimum atomic E-state index is -0.868. The van der Waals surface area contributed by atoms with Gasteiger partial charge in [-0.05, 0) is 135 Å². The summed E-state index contributed by atoms with van der Waals surface area (Å²) in [6.45, 7) is 6.28. The van der Waals surface area contributed by atoms with E-state index in [4.69, 9.17) is 14.2 Å². The molecule has 0 rings (SSSR count). The van der Waals surface area contributed by atoms with Crippen molar-refractivity contribution in [2.24, 2.45) is 0 Å². The molecule has 0 saturated carbocycles. The molecular weight excluding hydrogens is 877 g/mol. The zero-order chi connectivity index (χ0) is 51.4. The van der Waals surface area contributed by atoms with E-state index >= 15 is 0 Å². The molecule has 0 aromatic heterocycles. The van der Waals surface area contributed by atoms with Crippen LogP contribution in [0.3, 0.4) is 0 Å². The van der Waals surface area contributed by atoms with Crippen LogP contribution in [0.1, 0.15) is 201 Å². The molecular formula is C65H98O6. The molecule has 0 aliphatic heterocycles. The average Bonchev–Trinajstić information content (AvgIpc) is 3.37. The highest BCUT2D eigenvalue weighted by Crippen LogP contribution is 2.09. The van der Waals surface area contributed by atoms with Gasteiger partial charge in [0, 0.05) is 19.3 Å². The lowest BCUT2D eigenvalue weighted by Gasteiger charge is -2.18. The Balaban J connectivity index is 4.70. The van der Waals surface area contributed by atoms with Gasteiger partial charge in [-0.25, -0.2) is 0 Å². The second kappa shape index (κ2) is 57.3. The van der Waals surface area contributed by atoms with Crippen LogP contribution in [0.2, 0.25) is 0 Å². The van der Waals surface area contributed by atoms with Crippen LogP contribution >= 0.6 is 0 Å². The normalized spacial score (nSPS) is 13.5. The molecule has 0 aliphatic rings. The molecule has 0 bridgehead atoms. The van der Waals surface area contributed by atoms with E-state index in [-0.39, 0.29) is 32.5 Å². The molecule has 6 nitrogen and oxygen atoms in total. The summed E-state index contributed by atoms with van der Waals surface area (Å²) in [7, 11) is 0. The summed E-state index contributed by atoms with van der Waals surface area (Å²) in [5.74, 6) is -1.18. The molecule has 0 heterocycles. The molecule has 0 N–H and O–H groups in total. The molecule has 71 heavy (non-hydrogen) atoms. The van der Waals surface area contributed by atoms with Gasteiger partial charge >= 0.3 is 17.9 Å². The molecule has 1 atom stereocenters. The van der Waals surface area contributed by atoms with Crippen molar-refractivity contribution in [1.82, 2.24) is 0 Å². The van der Waals surface area contributed by atoms with Crippen LogP contribution < -0.4 is 0 Å². The molecule has 0 aromatic carbocycles. The van der Waals surface area contributed by atoms with E-state index in [0.29, 0.717) is 19.3 Å². The third-order valence-corrected chi connectivity index (χ3v) is 10.7. The number of allylic oxidation sites excluding steroid dienone is 28. The van der Waals surface area contributed by atoms with Crippen molar-refractivity contribution in [1.29, 1.82) is 0 Å². The summed E-state index contributed by atoms with van der Waals surface area (Å²) in [6, 6.07) is 0. The topological polar surface area (TPSA) is 78.9 Å². The summed E-state index contributed by atoms with van der Waals surface area (Å²) < 4.78 is 16.6. The molecule has 0 fully saturated rings. The van der Waals surface area contributed by atoms with E-state index < -0.39 is 24.0 Å². The predicted molar refractivity (Wildman–Crippen MR) is 306 cm³/mol. The Morgan fingerprint density at radius 2 is 0.563 bits per heavy atom. The lowest BCUT2D eigenvalue weighted by atomic mass is 10.1. The van der Waals surface area contributed by atoms with Crippen molar-refractivity contribution in [3.8, 4) is 0 Å². The van der Waals surface area contributed by atoms with Crippen LogP contribution in [-0.4, -0.2) is 37.2 Å². The maximum atomic E-state index is 12.8. The van der Waals surface area contributed by atoms with Crippen molar-refractivity contribution in [2.45, 2.75) is 207 Å². The number of unbranched alkanes of at least 4 members (excludes halogenated alkanes) is 8. The van der Waals surface area contributed by atoms with Gasteiger partial charge in [-0.1, -0.05) is 217 Å². The van der Waals surface area contributed by atoms with Crippen molar-refractivity contribution >= 4 is 17.9 Å². The highest BCUT2D eigenvalue weighted by atomic mass is 16.6. The monoisotopic (exact) mass is 975 g/mol. The number of hydrogen-bond acceptors (Lipinski definition) is 6. The van der Waals surface area contributed by atoms with Gasteiger partial charge in [-0.15, -0.1) is 0 Å². The molecule has 0 spiro atoms. The van der Waals surface area contributed by atoms with E-state index in [9.17, 15) is 14.4 Å². The van der Waals surface area contributed by atoms with Crippen molar-refractivity contribution in [2.75, 3.05) is 13.2 Å². The van der Waals surface area contributed by atoms with Gasteiger partial charge in [0.1, 0.15) is 13.2 Å². The molecule has 394 valence electrons. The van der Waals surface area contributed by atoms with Gasteiger partial charge in [0.05, 0.1) is 0 Å². The lowest BCUT2D eigenvalue weighted by Crippen LogP contribution is -2.30. The van der Waals surface area contributed by atoms with Gasteiger partial charge in [0.25, 0.3) is 0 Å². The fourth-order valence-electron chi connectivity index (χ4n) is 6.57. The highest BCUT2D eigenvalue weighted by molar-refractivity contribution is 5.71. The largest absolute Gasteiger partial charge is 0.462 e. The first-order chi connectivity index (χ1) is 35.0. The summed E-state index contributed by atoms with van der Waals surface area (Å²) in [5, 5.41) is 0. The van der Waals surface area contributed by atoms with E-state index in [1.807, 2.05) is 24.3 Å². The van der Waals surface area contributed by atoms with Gasteiger partial charge in [0.15, 0.2) is 6.10 Å². The quantitative estimate of drug-likeness (QED) is 0.0262. The van der Waals surface area contributed by atoms with Crippen LogP contribution in [0.25, 0.3) is 0 Å². The van der Waals surface area contributed by atoms with Crippen molar-refractivity contribution in [3.63, 3.8) is 0 Å². The Hall–Kier alpha value is -5.23. The van der Waals surface area contributed by atoms with E-state index in [1.54, 1.807) is 0 Å². The van der Waals surface area contributed by atoms with E-state index in [1.165, 1.54) is 44.9 Å². The number of carbonyl (C=O) groups is 3. The van der Waals surface area contributed by atoms with Gasteiger partial charge in [0.2, 0.25) is 0 Å². The second-order valence-electron chi connectivity index (χ2n) is 17.4. The Bertz CT molecular complexity index is 1690. The Labute approximate surface area is 434 Å². The molecule has 0 radical (unpaired) electrons. The standard InChI is InChI=1S/C65H98O6/c1-4-7-10-13-16-19-22-25-28-30-32-34-37-39-42-45-48-51-54-57-63(66)69-60-62(71-65(68)59-56-53-50-47-44-41-36-27-24-21-18-15-12-9-6-3)61-70-64(67)58-55-52-49-46-43-40-38-35-33-31-29-26-23-20-17-14-11-8-5-2/h7,10,16-21,25-29,32-36,39-40,42-44,47-49,51-52,62H,4-6,8-9,11-15,22-24,30-31,37-38,41,45-46,50,53-61H2,1-3H3/b10-7-,19-16-,20-17-,21-18-,28-25-,29-26-,34-32-,35-33-,36-27-,42-39-,43-40-,47-44-,51-48-,52-49-/t62-/m1/s1. The fraction of sp³-hybridized carbons (Fsp3) is 0.523. The minimum Gasteiger partial charge on any atom is -0.462 e. The van der Waals surface area contributed by atoms with Gasteiger partial charge < -0.3 is 14.2 Å². The number of hydrogen-bond donors (Lipinski definition) is 0. The molecule has 0 amide bonds. The first-order valence-electron chi connectivity index (χ1n) is 27.6. The first kappa shape index (κ1) is 65.8. The van der Waals surface area contributed by atoms with Gasteiger partial charge in [-0.3, -0.25) is 14.4 Å². The lowest BCUT2D eigenvalue weighted by molar-refractivity contribution is -0.166. The third-order valence-electron chi connectivity index (χ3n) is 10.7. The number of esters is 3. The Morgan fingerprint density at radius 1 is 0.296 bits per heavy atom. The summed E-state index contributed by atoms with van der Waals surface area (Å²) in [5.41, 5.74) is 0. The van der Waals surface area contributed by atoms with Crippen molar-refractivity contribution in [3.05, 3.63) is 170 Å². The van der Waals surface area contributed by atoms with E-state index in [2.05, 4.69) is 167 Å². The molecule has 0 saturated heterocycles.